The molecular formula is C13H18F2N2O3. The van der Waals surface area contributed by atoms with Crippen LogP contribution in [-0.2, 0) is 4.79 Å². The van der Waals surface area contributed by atoms with Gasteiger partial charge in [-0.1, -0.05) is 0 Å². The van der Waals surface area contributed by atoms with Crippen LogP contribution in [0, 0.1) is 11.6 Å². The molecule has 1 rings (SSSR count). The zero-order valence-electron chi connectivity index (χ0n) is 11.3. The smallest absolute Gasteiger partial charge is 0.239 e. The molecule has 1 amide bonds. The molecule has 0 saturated heterocycles. The lowest BCUT2D eigenvalue weighted by Gasteiger charge is -2.19. The molecule has 0 radical (unpaired) electrons. The quantitative estimate of drug-likeness (QED) is 0.714. The Bertz CT molecular complexity index is 475. The third-order valence-corrected chi connectivity index (χ3v) is 2.42. The van der Waals surface area contributed by atoms with E-state index in [4.69, 9.17) is 10.5 Å². The number of aliphatic hydroxyl groups is 1. The van der Waals surface area contributed by atoms with Crippen LogP contribution in [0.25, 0.3) is 0 Å². The Kier molecular flexibility index (Phi) is 5.41. The minimum atomic E-state index is -1.04. The van der Waals surface area contributed by atoms with E-state index < -0.39 is 29.2 Å². The lowest BCUT2D eigenvalue weighted by Crippen LogP contribution is -2.51. The van der Waals surface area contributed by atoms with E-state index in [-0.39, 0.29) is 18.9 Å². The van der Waals surface area contributed by atoms with E-state index in [0.717, 1.165) is 12.1 Å². The fourth-order valence-electron chi connectivity index (χ4n) is 1.26. The van der Waals surface area contributed by atoms with Crippen LogP contribution >= 0.6 is 0 Å². The molecule has 0 heterocycles. The van der Waals surface area contributed by atoms with Crippen molar-refractivity contribution in [1.82, 2.24) is 5.32 Å². The number of hydrogen-bond acceptors (Lipinski definition) is 4. The van der Waals surface area contributed by atoms with Gasteiger partial charge in [-0.25, -0.2) is 8.78 Å². The van der Waals surface area contributed by atoms with Crippen molar-refractivity contribution in [1.29, 1.82) is 0 Å². The summed E-state index contributed by atoms with van der Waals surface area (Å²) in [6, 6.07) is 3.05. The molecule has 0 aromatic heterocycles. The number of aliphatic hydroxyl groups excluding tert-OH is 1. The standard InChI is InChI=1S/C13H18F2N2O3/c1-13(2,16)12(19)17-6-8(18)7-20-9-3-4-10(14)11(15)5-9/h3-5,8,18H,6-7,16H2,1-2H3,(H,17,19). The van der Waals surface area contributed by atoms with Gasteiger partial charge in [-0.05, 0) is 26.0 Å². The number of benzene rings is 1. The molecule has 7 heteroatoms. The highest BCUT2D eigenvalue weighted by molar-refractivity contribution is 5.85. The van der Waals surface area contributed by atoms with Crippen molar-refractivity contribution in [3.63, 3.8) is 0 Å². The average molecular weight is 288 g/mol. The van der Waals surface area contributed by atoms with Gasteiger partial charge in [0.05, 0.1) is 5.54 Å². The minimum absolute atomic E-state index is 0.0524. The molecule has 0 fully saturated rings. The maximum absolute atomic E-state index is 12.9. The first-order chi connectivity index (χ1) is 9.20. The van der Waals surface area contributed by atoms with Crippen molar-refractivity contribution in [2.24, 2.45) is 5.73 Å². The second kappa shape index (κ2) is 6.62. The number of amides is 1. The molecule has 0 bridgehead atoms. The number of hydrogen-bond donors (Lipinski definition) is 3. The van der Waals surface area contributed by atoms with Crippen molar-refractivity contribution in [2.75, 3.05) is 13.2 Å². The monoisotopic (exact) mass is 288 g/mol. The predicted molar refractivity (Wildman–Crippen MR) is 69.1 cm³/mol. The van der Waals surface area contributed by atoms with Crippen LogP contribution < -0.4 is 15.8 Å². The Morgan fingerprint density at radius 2 is 2.10 bits per heavy atom. The summed E-state index contributed by atoms with van der Waals surface area (Å²) in [4.78, 5) is 11.4. The van der Waals surface area contributed by atoms with Crippen LogP contribution in [0.15, 0.2) is 18.2 Å². The first-order valence-corrected chi connectivity index (χ1v) is 6.03. The third-order valence-electron chi connectivity index (χ3n) is 2.42. The van der Waals surface area contributed by atoms with Crippen molar-refractivity contribution < 1.29 is 23.4 Å². The summed E-state index contributed by atoms with van der Waals surface area (Å²) in [5, 5.41) is 12.1. The Labute approximate surface area is 115 Å². The minimum Gasteiger partial charge on any atom is -0.491 e. The molecule has 0 aliphatic carbocycles. The molecule has 0 aliphatic rings. The van der Waals surface area contributed by atoms with Crippen LogP contribution in [0.5, 0.6) is 5.75 Å². The fraction of sp³-hybridized carbons (Fsp3) is 0.462. The number of rotatable bonds is 6. The van der Waals surface area contributed by atoms with Gasteiger partial charge in [-0.3, -0.25) is 4.79 Å². The third kappa shape index (κ3) is 5.10. The van der Waals surface area contributed by atoms with Crippen molar-refractivity contribution >= 4 is 5.91 Å². The highest BCUT2D eigenvalue weighted by Crippen LogP contribution is 2.15. The van der Waals surface area contributed by atoms with E-state index in [1.165, 1.54) is 19.9 Å². The fourth-order valence-corrected chi connectivity index (χ4v) is 1.26. The molecule has 1 aromatic rings. The number of ether oxygens (including phenoxy) is 1. The second-order valence-corrected chi connectivity index (χ2v) is 4.97. The molecule has 20 heavy (non-hydrogen) atoms. The molecular weight excluding hydrogens is 270 g/mol. The van der Waals surface area contributed by atoms with Crippen LogP contribution in [0.3, 0.4) is 0 Å². The van der Waals surface area contributed by atoms with Gasteiger partial charge in [0, 0.05) is 12.6 Å². The number of nitrogens with one attached hydrogen (secondary N) is 1. The van der Waals surface area contributed by atoms with E-state index in [1.54, 1.807) is 0 Å². The van der Waals surface area contributed by atoms with E-state index in [2.05, 4.69) is 5.32 Å². The molecule has 1 unspecified atom stereocenters. The summed E-state index contributed by atoms with van der Waals surface area (Å²) >= 11 is 0. The van der Waals surface area contributed by atoms with E-state index in [0.29, 0.717) is 0 Å². The largest absolute Gasteiger partial charge is 0.491 e. The topological polar surface area (TPSA) is 84.6 Å². The molecule has 1 aromatic carbocycles. The lowest BCUT2D eigenvalue weighted by atomic mass is 10.1. The number of nitrogens with two attached hydrogens (primary N) is 1. The molecule has 0 spiro atoms. The zero-order chi connectivity index (χ0) is 15.3. The summed E-state index contributed by atoms with van der Waals surface area (Å²) in [5.41, 5.74) is 4.52. The SMILES string of the molecule is CC(C)(N)C(=O)NCC(O)COc1ccc(F)c(F)c1. The highest BCUT2D eigenvalue weighted by atomic mass is 19.2. The van der Waals surface area contributed by atoms with Crippen LogP contribution in [0.1, 0.15) is 13.8 Å². The Hall–Kier alpha value is -1.73. The van der Waals surface area contributed by atoms with Crippen LogP contribution in [0.4, 0.5) is 8.78 Å². The first kappa shape index (κ1) is 16.3. The van der Waals surface area contributed by atoms with E-state index in [1.807, 2.05) is 0 Å². The average Bonchev–Trinajstić information content (AvgIpc) is 2.36. The van der Waals surface area contributed by atoms with Crippen molar-refractivity contribution in [3.8, 4) is 5.75 Å². The summed E-state index contributed by atoms with van der Waals surface area (Å²) in [5.74, 6) is -2.33. The maximum atomic E-state index is 12.9. The van der Waals surface area contributed by atoms with Crippen LogP contribution in [0.2, 0.25) is 0 Å². The normalized spacial score (nSPS) is 12.9. The van der Waals surface area contributed by atoms with Gasteiger partial charge in [0.25, 0.3) is 0 Å². The Morgan fingerprint density at radius 3 is 2.65 bits per heavy atom. The van der Waals surface area contributed by atoms with Gasteiger partial charge < -0.3 is 20.9 Å². The van der Waals surface area contributed by atoms with E-state index >= 15 is 0 Å². The van der Waals surface area contributed by atoms with Crippen LogP contribution in [-0.4, -0.2) is 35.8 Å². The summed E-state index contributed by atoms with van der Waals surface area (Å²) in [6.07, 6.45) is -0.991. The van der Waals surface area contributed by atoms with Gasteiger partial charge >= 0.3 is 0 Å². The molecule has 1 atom stereocenters. The molecule has 5 nitrogen and oxygen atoms in total. The maximum Gasteiger partial charge on any atom is 0.239 e. The first-order valence-electron chi connectivity index (χ1n) is 6.03. The summed E-state index contributed by atoms with van der Waals surface area (Å²) in [6.45, 7) is 2.85. The highest BCUT2D eigenvalue weighted by Gasteiger charge is 2.22. The molecule has 4 N–H and O–H groups in total. The summed E-state index contributed by atoms with van der Waals surface area (Å²) in [7, 11) is 0. The van der Waals surface area contributed by atoms with Gasteiger partial charge in [0.15, 0.2) is 11.6 Å². The van der Waals surface area contributed by atoms with Gasteiger partial charge in [-0.15, -0.1) is 0 Å². The number of carbonyl (C=O) groups excluding carboxylic acids is 1. The second-order valence-electron chi connectivity index (χ2n) is 4.97. The van der Waals surface area contributed by atoms with Gasteiger partial charge in [-0.2, -0.15) is 0 Å². The summed E-state index contributed by atoms with van der Waals surface area (Å²) < 4.78 is 30.7. The van der Waals surface area contributed by atoms with E-state index in [9.17, 15) is 18.7 Å². The predicted octanol–water partition coefficient (Wildman–Crippen LogP) is 0.558. The Balaban J connectivity index is 2.38. The number of halogens is 2. The van der Waals surface area contributed by atoms with Crippen molar-refractivity contribution in [3.05, 3.63) is 29.8 Å². The van der Waals surface area contributed by atoms with Gasteiger partial charge in [0.1, 0.15) is 18.5 Å². The molecule has 112 valence electrons. The lowest BCUT2D eigenvalue weighted by molar-refractivity contribution is -0.125. The van der Waals surface area contributed by atoms with Gasteiger partial charge in [0.2, 0.25) is 5.91 Å². The molecule has 0 saturated carbocycles. The van der Waals surface area contributed by atoms with Crippen molar-refractivity contribution in [2.45, 2.75) is 25.5 Å². The Morgan fingerprint density at radius 1 is 1.45 bits per heavy atom. The number of carbonyl (C=O) groups is 1. The zero-order valence-corrected chi connectivity index (χ0v) is 11.3. The molecule has 0 aliphatic heterocycles.